The topological polar surface area (TPSA) is 41.1 Å². The van der Waals surface area contributed by atoms with E-state index in [2.05, 4.69) is 10.6 Å². The van der Waals surface area contributed by atoms with Gasteiger partial charge in [-0.3, -0.25) is 4.79 Å². The van der Waals surface area contributed by atoms with Gasteiger partial charge in [-0.15, -0.1) is 0 Å². The zero-order valence-electron chi connectivity index (χ0n) is 9.89. The Morgan fingerprint density at radius 2 is 2.12 bits per heavy atom. The highest BCUT2D eigenvalue weighted by molar-refractivity contribution is 5.92. The van der Waals surface area contributed by atoms with Gasteiger partial charge in [0.25, 0.3) is 0 Å². The third kappa shape index (κ3) is 3.78. The molecule has 1 atom stereocenters. The quantitative estimate of drug-likeness (QED) is 0.830. The summed E-state index contributed by atoms with van der Waals surface area (Å²) in [5, 5.41) is 5.35. The van der Waals surface area contributed by atoms with Gasteiger partial charge in [0.05, 0.1) is 11.6 Å². The summed E-state index contributed by atoms with van der Waals surface area (Å²) in [6.07, 6.45) is 0.648. The Morgan fingerprint density at radius 3 is 2.65 bits per heavy atom. The highest BCUT2D eigenvalue weighted by Crippen LogP contribution is 2.16. The standard InChI is InChI=1S/C12H16F2N2O/c1-3-8(7-15-2)12(17)16-11-5-4-9(13)6-10(11)14/h4-6,8,15H,3,7H2,1-2H3,(H,16,17). The number of anilines is 1. The van der Waals surface area contributed by atoms with Crippen molar-refractivity contribution >= 4 is 11.6 Å². The number of halogens is 2. The van der Waals surface area contributed by atoms with E-state index in [1.807, 2.05) is 6.92 Å². The van der Waals surface area contributed by atoms with Crippen molar-refractivity contribution in [3.63, 3.8) is 0 Å². The molecule has 1 aromatic carbocycles. The van der Waals surface area contributed by atoms with Gasteiger partial charge in [-0.25, -0.2) is 8.78 Å². The number of hydrogen-bond donors (Lipinski definition) is 2. The van der Waals surface area contributed by atoms with Gasteiger partial charge in [0.1, 0.15) is 11.6 Å². The van der Waals surface area contributed by atoms with E-state index in [0.29, 0.717) is 13.0 Å². The molecule has 0 aliphatic carbocycles. The third-order valence-electron chi connectivity index (χ3n) is 2.50. The smallest absolute Gasteiger partial charge is 0.228 e. The lowest BCUT2D eigenvalue weighted by Crippen LogP contribution is -2.30. The molecule has 1 unspecified atom stereocenters. The second-order valence-corrected chi connectivity index (χ2v) is 3.78. The molecule has 0 heterocycles. The number of nitrogens with one attached hydrogen (secondary N) is 2. The fourth-order valence-electron chi connectivity index (χ4n) is 1.49. The Balaban J connectivity index is 2.73. The van der Waals surface area contributed by atoms with E-state index < -0.39 is 11.6 Å². The molecular formula is C12H16F2N2O. The summed E-state index contributed by atoms with van der Waals surface area (Å²) in [7, 11) is 1.74. The first kappa shape index (κ1) is 13.6. The molecule has 1 aromatic rings. The van der Waals surface area contributed by atoms with E-state index in [9.17, 15) is 13.6 Å². The van der Waals surface area contributed by atoms with Crippen molar-refractivity contribution in [2.75, 3.05) is 18.9 Å². The average molecular weight is 242 g/mol. The van der Waals surface area contributed by atoms with Crippen LogP contribution >= 0.6 is 0 Å². The maximum atomic E-state index is 13.3. The Labute approximate surface area is 99.2 Å². The van der Waals surface area contributed by atoms with Gasteiger partial charge in [0, 0.05) is 12.6 Å². The molecule has 0 fully saturated rings. The fourth-order valence-corrected chi connectivity index (χ4v) is 1.49. The Morgan fingerprint density at radius 1 is 1.41 bits per heavy atom. The van der Waals surface area contributed by atoms with Crippen molar-refractivity contribution in [2.24, 2.45) is 5.92 Å². The van der Waals surface area contributed by atoms with Crippen LogP contribution in [0.5, 0.6) is 0 Å². The van der Waals surface area contributed by atoms with Crippen LogP contribution in [0.1, 0.15) is 13.3 Å². The van der Waals surface area contributed by atoms with E-state index in [-0.39, 0.29) is 17.5 Å². The first-order chi connectivity index (χ1) is 8.08. The van der Waals surface area contributed by atoms with Gasteiger partial charge in [-0.2, -0.15) is 0 Å². The number of carbonyl (C=O) groups is 1. The summed E-state index contributed by atoms with van der Waals surface area (Å²) < 4.78 is 26.0. The van der Waals surface area contributed by atoms with Crippen LogP contribution in [0.25, 0.3) is 0 Å². The first-order valence-corrected chi connectivity index (χ1v) is 5.49. The molecule has 0 saturated carbocycles. The van der Waals surface area contributed by atoms with Crippen LogP contribution in [0.2, 0.25) is 0 Å². The maximum Gasteiger partial charge on any atom is 0.228 e. The number of rotatable bonds is 5. The van der Waals surface area contributed by atoms with Crippen LogP contribution in [0.3, 0.4) is 0 Å². The van der Waals surface area contributed by atoms with Crippen LogP contribution < -0.4 is 10.6 Å². The van der Waals surface area contributed by atoms with E-state index in [1.165, 1.54) is 6.07 Å². The zero-order chi connectivity index (χ0) is 12.8. The van der Waals surface area contributed by atoms with E-state index in [1.54, 1.807) is 7.05 Å². The van der Waals surface area contributed by atoms with Gasteiger partial charge in [-0.1, -0.05) is 6.92 Å². The predicted molar refractivity (Wildman–Crippen MR) is 62.7 cm³/mol. The van der Waals surface area contributed by atoms with E-state index >= 15 is 0 Å². The fraction of sp³-hybridized carbons (Fsp3) is 0.417. The largest absolute Gasteiger partial charge is 0.323 e. The van der Waals surface area contributed by atoms with Crippen LogP contribution in [0, 0.1) is 17.6 Å². The highest BCUT2D eigenvalue weighted by atomic mass is 19.1. The van der Waals surface area contributed by atoms with E-state index in [0.717, 1.165) is 12.1 Å². The number of hydrogen-bond acceptors (Lipinski definition) is 2. The number of carbonyl (C=O) groups excluding carboxylic acids is 1. The zero-order valence-corrected chi connectivity index (χ0v) is 9.89. The van der Waals surface area contributed by atoms with Crippen LogP contribution in [0.15, 0.2) is 18.2 Å². The molecule has 0 saturated heterocycles. The molecule has 1 rings (SSSR count). The van der Waals surface area contributed by atoms with E-state index in [4.69, 9.17) is 0 Å². The molecule has 1 amide bonds. The van der Waals surface area contributed by atoms with Gasteiger partial charge in [0.2, 0.25) is 5.91 Å². The van der Waals surface area contributed by atoms with Crippen LogP contribution in [0.4, 0.5) is 14.5 Å². The minimum atomic E-state index is -0.766. The molecule has 0 aliphatic heterocycles. The summed E-state index contributed by atoms with van der Waals surface area (Å²) in [4.78, 5) is 11.8. The monoisotopic (exact) mass is 242 g/mol. The molecule has 2 N–H and O–H groups in total. The molecule has 0 bridgehead atoms. The SMILES string of the molecule is CCC(CNC)C(=O)Nc1ccc(F)cc1F. The predicted octanol–water partition coefficient (Wildman–Crippen LogP) is 2.15. The second-order valence-electron chi connectivity index (χ2n) is 3.78. The van der Waals surface area contributed by atoms with Crippen molar-refractivity contribution in [3.8, 4) is 0 Å². The molecule has 0 radical (unpaired) electrons. The van der Waals surface area contributed by atoms with Crippen molar-refractivity contribution in [1.29, 1.82) is 0 Å². The molecule has 17 heavy (non-hydrogen) atoms. The van der Waals surface area contributed by atoms with Gasteiger partial charge in [0.15, 0.2) is 0 Å². The number of benzene rings is 1. The van der Waals surface area contributed by atoms with Crippen LogP contribution in [-0.2, 0) is 4.79 Å². The average Bonchev–Trinajstić information content (AvgIpc) is 2.29. The van der Waals surface area contributed by atoms with Crippen molar-refractivity contribution in [1.82, 2.24) is 5.32 Å². The highest BCUT2D eigenvalue weighted by Gasteiger charge is 2.17. The van der Waals surface area contributed by atoms with Gasteiger partial charge >= 0.3 is 0 Å². The Bertz CT molecular complexity index is 396. The lowest BCUT2D eigenvalue weighted by Gasteiger charge is -2.14. The molecule has 0 aliphatic rings. The minimum Gasteiger partial charge on any atom is -0.323 e. The summed E-state index contributed by atoms with van der Waals surface area (Å²) in [5.74, 6) is -1.93. The number of amides is 1. The van der Waals surface area contributed by atoms with Gasteiger partial charge in [-0.05, 0) is 25.6 Å². The first-order valence-electron chi connectivity index (χ1n) is 5.49. The maximum absolute atomic E-state index is 13.3. The molecule has 0 aromatic heterocycles. The van der Waals surface area contributed by atoms with Crippen LogP contribution in [-0.4, -0.2) is 19.5 Å². The van der Waals surface area contributed by atoms with Crippen molar-refractivity contribution < 1.29 is 13.6 Å². The van der Waals surface area contributed by atoms with Crippen molar-refractivity contribution in [2.45, 2.75) is 13.3 Å². The molecular weight excluding hydrogens is 226 g/mol. The summed E-state index contributed by atoms with van der Waals surface area (Å²) in [6, 6.07) is 3.07. The molecule has 5 heteroatoms. The summed E-state index contributed by atoms with van der Waals surface area (Å²) in [6.45, 7) is 2.40. The van der Waals surface area contributed by atoms with Gasteiger partial charge < -0.3 is 10.6 Å². The Kier molecular flexibility index (Phi) is 5.03. The molecule has 0 spiro atoms. The normalized spacial score (nSPS) is 12.2. The summed E-state index contributed by atoms with van der Waals surface area (Å²) >= 11 is 0. The Hall–Kier alpha value is -1.49. The summed E-state index contributed by atoms with van der Waals surface area (Å²) in [5.41, 5.74) is 0.00551. The third-order valence-corrected chi connectivity index (χ3v) is 2.50. The lowest BCUT2D eigenvalue weighted by molar-refractivity contribution is -0.119. The second kappa shape index (κ2) is 6.30. The molecule has 94 valence electrons. The molecule has 3 nitrogen and oxygen atoms in total. The van der Waals surface area contributed by atoms with Crippen molar-refractivity contribution in [3.05, 3.63) is 29.8 Å². The minimum absolute atomic E-state index is 0.00551. The lowest BCUT2D eigenvalue weighted by atomic mass is 10.1.